The van der Waals surface area contributed by atoms with Crippen LogP contribution in [0.2, 0.25) is 10.0 Å². The number of nitrogens with one attached hydrogen (secondary N) is 2. The molecule has 2 heterocycles. The van der Waals surface area contributed by atoms with Gasteiger partial charge in [-0.15, -0.1) is 0 Å². The molecule has 0 radical (unpaired) electrons. The molecular formula is C20H16Cl2N4O3. The summed E-state index contributed by atoms with van der Waals surface area (Å²) in [5.41, 5.74) is 2.06. The van der Waals surface area contributed by atoms with Crippen molar-refractivity contribution in [2.75, 3.05) is 17.7 Å². The van der Waals surface area contributed by atoms with Gasteiger partial charge in [0, 0.05) is 15.6 Å². The second-order valence-corrected chi connectivity index (χ2v) is 7.33. The summed E-state index contributed by atoms with van der Waals surface area (Å²) in [7, 11) is 1.50. The highest BCUT2D eigenvalue weighted by molar-refractivity contribution is 6.31. The van der Waals surface area contributed by atoms with Crippen LogP contribution in [0.1, 0.15) is 12.5 Å². The fraction of sp³-hybridized carbons (Fsp3) is 0.150. The minimum Gasteiger partial charge on any atom is -0.495 e. The van der Waals surface area contributed by atoms with Crippen LogP contribution in [-0.4, -0.2) is 28.7 Å². The van der Waals surface area contributed by atoms with Gasteiger partial charge in [0.1, 0.15) is 17.6 Å². The summed E-state index contributed by atoms with van der Waals surface area (Å²) in [5.74, 6) is 0.373. The lowest BCUT2D eigenvalue weighted by molar-refractivity contribution is -0.123. The van der Waals surface area contributed by atoms with Crippen LogP contribution in [0.3, 0.4) is 0 Å². The molecule has 1 atom stereocenters. The predicted octanol–water partition coefficient (Wildman–Crippen LogP) is 4.39. The molecule has 7 nitrogen and oxygen atoms in total. The van der Waals surface area contributed by atoms with Gasteiger partial charge in [-0.1, -0.05) is 35.3 Å². The standard InChI is InChI=1S/C20H16Cl2N4O3/c1-29-17-7-6-13(22)8-15(17)24-18(27)9-16-20(28)25-19-14(10-23-26(16)19)11-2-4-12(21)5-3-11/h2-8,10,16H,9H2,1H3,(H,24,27)(H,25,28). The van der Waals surface area contributed by atoms with Gasteiger partial charge in [-0.25, -0.2) is 4.68 Å². The Bertz CT molecular complexity index is 1100. The summed E-state index contributed by atoms with van der Waals surface area (Å²) in [6.45, 7) is 0. The molecule has 0 fully saturated rings. The molecule has 0 spiro atoms. The fourth-order valence-electron chi connectivity index (χ4n) is 3.21. The van der Waals surface area contributed by atoms with Crippen molar-refractivity contribution in [3.63, 3.8) is 0 Å². The number of fused-ring (bicyclic) bond motifs is 1. The van der Waals surface area contributed by atoms with Gasteiger partial charge in [0.05, 0.1) is 25.4 Å². The van der Waals surface area contributed by atoms with E-state index in [0.29, 0.717) is 27.3 Å². The van der Waals surface area contributed by atoms with Crippen LogP contribution >= 0.6 is 23.2 Å². The van der Waals surface area contributed by atoms with Gasteiger partial charge >= 0.3 is 0 Å². The number of ether oxygens (including phenoxy) is 1. The van der Waals surface area contributed by atoms with Gasteiger partial charge in [-0.2, -0.15) is 5.10 Å². The van der Waals surface area contributed by atoms with Crippen LogP contribution in [-0.2, 0) is 9.59 Å². The summed E-state index contributed by atoms with van der Waals surface area (Å²) in [4.78, 5) is 25.0. The van der Waals surface area contributed by atoms with Gasteiger partial charge in [0.2, 0.25) is 5.91 Å². The first-order valence-electron chi connectivity index (χ1n) is 8.74. The molecule has 1 unspecified atom stereocenters. The normalized spacial score (nSPS) is 15.0. The lowest BCUT2D eigenvalue weighted by Gasteiger charge is -2.12. The van der Waals surface area contributed by atoms with E-state index in [-0.39, 0.29) is 18.2 Å². The third kappa shape index (κ3) is 3.79. The maximum absolute atomic E-state index is 12.6. The average Bonchev–Trinajstić information content (AvgIpc) is 3.22. The Morgan fingerprint density at radius 1 is 1.21 bits per heavy atom. The molecule has 0 saturated carbocycles. The predicted molar refractivity (Wildman–Crippen MR) is 112 cm³/mol. The van der Waals surface area contributed by atoms with Crippen molar-refractivity contribution in [2.24, 2.45) is 0 Å². The van der Waals surface area contributed by atoms with Crippen LogP contribution in [0, 0.1) is 0 Å². The molecule has 4 rings (SSSR count). The molecule has 1 aliphatic rings. The van der Waals surface area contributed by atoms with Gasteiger partial charge in [-0.05, 0) is 35.9 Å². The number of hydrogen-bond donors (Lipinski definition) is 2. The zero-order valence-electron chi connectivity index (χ0n) is 15.3. The number of methoxy groups -OCH3 is 1. The smallest absolute Gasteiger partial charge is 0.251 e. The topological polar surface area (TPSA) is 85.2 Å². The monoisotopic (exact) mass is 430 g/mol. The summed E-state index contributed by atoms with van der Waals surface area (Å²) in [5, 5.41) is 10.9. The third-order valence-electron chi connectivity index (χ3n) is 4.60. The Labute approximate surface area is 176 Å². The fourth-order valence-corrected chi connectivity index (χ4v) is 3.51. The van der Waals surface area contributed by atoms with Crippen LogP contribution < -0.4 is 15.4 Å². The lowest BCUT2D eigenvalue weighted by Crippen LogP contribution is -2.23. The van der Waals surface area contributed by atoms with Crippen molar-refractivity contribution >= 4 is 46.5 Å². The van der Waals surface area contributed by atoms with E-state index in [1.165, 1.54) is 11.8 Å². The van der Waals surface area contributed by atoms with Crippen molar-refractivity contribution in [1.82, 2.24) is 9.78 Å². The SMILES string of the molecule is COc1ccc(Cl)cc1NC(=O)CC1C(=O)Nc2c(-c3ccc(Cl)cc3)cnn21. The molecule has 0 bridgehead atoms. The Balaban J connectivity index is 1.54. The van der Waals surface area contributed by atoms with E-state index in [4.69, 9.17) is 27.9 Å². The van der Waals surface area contributed by atoms with E-state index < -0.39 is 6.04 Å². The number of halogens is 2. The quantitative estimate of drug-likeness (QED) is 0.628. The van der Waals surface area contributed by atoms with Crippen molar-refractivity contribution in [2.45, 2.75) is 12.5 Å². The summed E-state index contributed by atoms with van der Waals surface area (Å²) < 4.78 is 6.76. The molecule has 1 aromatic heterocycles. The van der Waals surface area contributed by atoms with E-state index in [0.717, 1.165) is 11.1 Å². The maximum Gasteiger partial charge on any atom is 0.251 e. The van der Waals surface area contributed by atoms with Crippen molar-refractivity contribution in [1.29, 1.82) is 0 Å². The first kappa shape index (κ1) is 19.3. The summed E-state index contributed by atoms with van der Waals surface area (Å²) >= 11 is 11.9. The van der Waals surface area contributed by atoms with Gasteiger partial charge in [-0.3, -0.25) is 9.59 Å². The van der Waals surface area contributed by atoms with Gasteiger partial charge in [0.25, 0.3) is 5.91 Å². The molecular weight excluding hydrogens is 415 g/mol. The van der Waals surface area contributed by atoms with Crippen LogP contribution in [0.4, 0.5) is 11.5 Å². The molecule has 2 aromatic carbocycles. The Morgan fingerprint density at radius 2 is 1.93 bits per heavy atom. The number of aromatic nitrogens is 2. The summed E-state index contributed by atoms with van der Waals surface area (Å²) in [6.07, 6.45) is 1.57. The van der Waals surface area contributed by atoms with Crippen molar-refractivity contribution < 1.29 is 14.3 Å². The molecule has 148 valence electrons. The lowest BCUT2D eigenvalue weighted by atomic mass is 10.1. The average molecular weight is 431 g/mol. The van der Waals surface area contributed by atoms with Gasteiger partial charge < -0.3 is 15.4 Å². The van der Waals surface area contributed by atoms with E-state index in [1.54, 1.807) is 36.5 Å². The largest absolute Gasteiger partial charge is 0.495 e. The highest BCUT2D eigenvalue weighted by Crippen LogP contribution is 2.36. The second-order valence-electron chi connectivity index (χ2n) is 6.46. The molecule has 1 aliphatic heterocycles. The number of rotatable bonds is 5. The molecule has 0 aliphatic carbocycles. The van der Waals surface area contributed by atoms with Crippen molar-refractivity contribution in [3.05, 3.63) is 58.7 Å². The Morgan fingerprint density at radius 3 is 2.66 bits per heavy atom. The first-order valence-corrected chi connectivity index (χ1v) is 9.49. The zero-order chi connectivity index (χ0) is 20.5. The number of amides is 2. The van der Waals surface area contributed by atoms with E-state index in [9.17, 15) is 9.59 Å². The number of anilines is 2. The third-order valence-corrected chi connectivity index (χ3v) is 5.09. The van der Waals surface area contributed by atoms with E-state index >= 15 is 0 Å². The molecule has 2 N–H and O–H groups in total. The number of nitrogens with zero attached hydrogens (tertiary/aromatic N) is 2. The molecule has 29 heavy (non-hydrogen) atoms. The first-order chi connectivity index (χ1) is 14.0. The molecule has 0 saturated heterocycles. The zero-order valence-corrected chi connectivity index (χ0v) is 16.8. The molecule has 9 heteroatoms. The molecule has 3 aromatic rings. The van der Waals surface area contributed by atoms with E-state index in [1.807, 2.05) is 12.1 Å². The van der Waals surface area contributed by atoms with Crippen molar-refractivity contribution in [3.8, 4) is 16.9 Å². The minimum atomic E-state index is -0.753. The van der Waals surface area contributed by atoms with Gasteiger partial charge in [0.15, 0.2) is 0 Å². The van der Waals surface area contributed by atoms with Crippen LogP contribution in [0.5, 0.6) is 5.75 Å². The summed E-state index contributed by atoms with van der Waals surface area (Å²) in [6, 6.07) is 11.4. The maximum atomic E-state index is 12.6. The number of hydrogen-bond acceptors (Lipinski definition) is 4. The Hall–Kier alpha value is -3.03. The second kappa shape index (κ2) is 7.77. The van der Waals surface area contributed by atoms with Crippen LogP contribution in [0.25, 0.3) is 11.1 Å². The number of benzene rings is 2. The Kier molecular flexibility index (Phi) is 5.17. The minimum absolute atomic E-state index is 0.0871. The highest BCUT2D eigenvalue weighted by atomic mass is 35.5. The number of carbonyl (C=O) groups is 2. The molecule has 2 amide bonds. The van der Waals surface area contributed by atoms with Crippen LogP contribution in [0.15, 0.2) is 48.7 Å². The number of carbonyl (C=O) groups excluding carboxylic acids is 2. The highest BCUT2D eigenvalue weighted by Gasteiger charge is 2.35. The van der Waals surface area contributed by atoms with E-state index in [2.05, 4.69) is 15.7 Å².